The smallest absolute Gasteiger partial charge is 0.265 e. The van der Waals surface area contributed by atoms with Gasteiger partial charge in [0.1, 0.15) is 0 Å². The number of pyridine rings is 1. The van der Waals surface area contributed by atoms with E-state index in [9.17, 15) is 14.7 Å². The van der Waals surface area contributed by atoms with Gasteiger partial charge in [-0.05, 0) is 54.1 Å². The Balaban J connectivity index is 1.36. The van der Waals surface area contributed by atoms with Crippen LogP contribution in [0.2, 0.25) is 0 Å². The highest BCUT2D eigenvalue weighted by Gasteiger charge is 2.17. The topological polar surface area (TPSA) is 127 Å². The van der Waals surface area contributed by atoms with Gasteiger partial charge in [-0.25, -0.2) is 9.99 Å². The van der Waals surface area contributed by atoms with Crippen LogP contribution in [0.25, 0.3) is 22.1 Å². The largest absolute Gasteiger partial charge is 0.494 e. The summed E-state index contributed by atoms with van der Waals surface area (Å²) in [4.78, 5) is 25.7. The van der Waals surface area contributed by atoms with Crippen LogP contribution in [0.4, 0.5) is 0 Å². The molecule has 2 N–H and O–H groups in total. The number of tetrazole rings is 1. The Kier molecular flexibility index (Phi) is 7.00. The highest BCUT2D eigenvalue weighted by atomic mass is 32.2. The van der Waals surface area contributed by atoms with Gasteiger partial charge in [-0.1, -0.05) is 65.9 Å². The Hall–Kier alpha value is -4.77. The van der Waals surface area contributed by atoms with E-state index < -0.39 is 0 Å². The Bertz CT molecular complexity index is 1730. The van der Waals surface area contributed by atoms with Crippen molar-refractivity contribution >= 4 is 34.7 Å². The minimum atomic E-state index is -0.388. The number of carbonyl (C=O) groups is 1. The Morgan fingerprint density at radius 2 is 1.74 bits per heavy atom. The zero-order valence-corrected chi connectivity index (χ0v) is 21.4. The first-order valence-corrected chi connectivity index (χ1v) is 12.7. The van der Waals surface area contributed by atoms with Gasteiger partial charge < -0.3 is 5.11 Å². The Labute approximate surface area is 221 Å². The minimum Gasteiger partial charge on any atom is -0.494 e. The lowest BCUT2D eigenvalue weighted by Crippen LogP contribution is -2.22. The number of fused-ring (bicyclic) bond motifs is 1. The summed E-state index contributed by atoms with van der Waals surface area (Å²) in [5.74, 6) is -0.650. The van der Waals surface area contributed by atoms with Gasteiger partial charge >= 0.3 is 0 Å². The molecule has 0 spiro atoms. The maximum Gasteiger partial charge on any atom is 0.265 e. The fraction of sp³-hybridized carbons (Fsp3) is 0.111. The van der Waals surface area contributed by atoms with Gasteiger partial charge in [-0.3, -0.25) is 9.59 Å². The highest BCUT2D eigenvalue weighted by Crippen LogP contribution is 2.26. The van der Waals surface area contributed by atoms with E-state index in [4.69, 9.17) is 0 Å². The summed E-state index contributed by atoms with van der Waals surface area (Å²) in [6.45, 7) is 3.89. The third kappa shape index (κ3) is 4.91. The molecule has 0 bridgehead atoms. The van der Waals surface area contributed by atoms with Gasteiger partial charge in [0.15, 0.2) is 0 Å². The number of carbonyl (C=O) groups excluding carboxylic acids is 1. The minimum absolute atomic E-state index is 0.0131. The molecule has 0 radical (unpaired) electrons. The van der Waals surface area contributed by atoms with Crippen LogP contribution in [-0.4, -0.2) is 47.8 Å². The average molecular weight is 526 g/mol. The number of nitrogens with one attached hydrogen (secondary N) is 1. The van der Waals surface area contributed by atoms with Crippen molar-refractivity contribution in [3.63, 3.8) is 0 Å². The standard InChI is InChI=1S/C27H23N7O3S/c1-17-11-13-19(14-12-17)33-25(36)21-9-5-4-8-20(21)22(26(33)37)15-28-29-24(35)16-38-27-30-31-32-34(27)23-10-6-3-7-18(23)2/h3-15,37H,16H2,1-2H3,(H,29,35). The fourth-order valence-electron chi connectivity index (χ4n) is 3.98. The quantitative estimate of drug-likeness (QED) is 0.189. The van der Waals surface area contributed by atoms with Gasteiger partial charge in [-0.2, -0.15) is 9.78 Å². The lowest BCUT2D eigenvalue weighted by atomic mass is 10.1. The van der Waals surface area contributed by atoms with Crippen molar-refractivity contribution in [1.82, 2.24) is 30.2 Å². The van der Waals surface area contributed by atoms with Crippen LogP contribution in [0, 0.1) is 13.8 Å². The first-order chi connectivity index (χ1) is 18.4. The molecule has 3 aromatic carbocycles. The van der Waals surface area contributed by atoms with Crippen molar-refractivity contribution in [3.8, 4) is 17.3 Å². The molecule has 0 saturated carbocycles. The molecule has 2 aromatic heterocycles. The molecule has 2 heterocycles. The third-order valence-corrected chi connectivity index (χ3v) is 6.81. The molecular formula is C27H23N7O3S. The van der Waals surface area contributed by atoms with Crippen LogP contribution >= 0.6 is 11.8 Å². The van der Waals surface area contributed by atoms with E-state index >= 15 is 0 Å². The highest BCUT2D eigenvalue weighted by molar-refractivity contribution is 7.99. The number of amides is 1. The summed E-state index contributed by atoms with van der Waals surface area (Å²) in [5, 5.41) is 28.3. The van der Waals surface area contributed by atoms with Gasteiger partial charge in [-0.15, -0.1) is 5.10 Å². The number of rotatable bonds is 7. The van der Waals surface area contributed by atoms with Crippen molar-refractivity contribution in [1.29, 1.82) is 0 Å². The Morgan fingerprint density at radius 1 is 1.03 bits per heavy atom. The molecule has 1 amide bonds. The number of para-hydroxylation sites is 1. The molecular weight excluding hydrogens is 502 g/mol. The van der Waals surface area contributed by atoms with Crippen LogP contribution in [0.3, 0.4) is 0 Å². The number of benzene rings is 3. The molecule has 38 heavy (non-hydrogen) atoms. The monoisotopic (exact) mass is 525 g/mol. The first kappa shape index (κ1) is 24.9. The predicted molar refractivity (Wildman–Crippen MR) is 146 cm³/mol. The van der Waals surface area contributed by atoms with E-state index in [-0.39, 0.29) is 23.1 Å². The number of aromatic nitrogens is 5. The van der Waals surface area contributed by atoms with Crippen LogP contribution in [0.1, 0.15) is 16.7 Å². The fourth-order valence-corrected chi connectivity index (χ4v) is 4.65. The number of aromatic hydroxyl groups is 1. The number of hydrogen-bond acceptors (Lipinski definition) is 8. The molecule has 0 unspecified atom stereocenters. The number of nitrogens with zero attached hydrogens (tertiary/aromatic N) is 6. The van der Waals surface area contributed by atoms with Crippen molar-refractivity contribution in [2.24, 2.45) is 5.10 Å². The van der Waals surface area contributed by atoms with Gasteiger partial charge in [0.2, 0.25) is 11.0 Å². The molecule has 10 nitrogen and oxygen atoms in total. The van der Waals surface area contributed by atoms with Crippen LogP contribution in [0.15, 0.2) is 87.8 Å². The second kappa shape index (κ2) is 10.7. The van der Waals surface area contributed by atoms with Crippen molar-refractivity contribution in [2.45, 2.75) is 19.0 Å². The van der Waals surface area contributed by atoms with Gasteiger partial charge in [0.25, 0.3) is 11.5 Å². The lowest BCUT2D eigenvalue weighted by Gasteiger charge is -2.13. The molecule has 5 aromatic rings. The zero-order chi connectivity index (χ0) is 26.6. The van der Waals surface area contributed by atoms with Gasteiger partial charge in [0, 0.05) is 10.8 Å². The molecule has 11 heteroatoms. The van der Waals surface area contributed by atoms with E-state index in [0.29, 0.717) is 27.2 Å². The normalized spacial score (nSPS) is 11.3. The van der Waals surface area contributed by atoms with E-state index in [1.807, 2.05) is 50.2 Å². The molecule has 0 aliphatic carbocycles. The van der Waals surface area contributed by atoms with Crippen molar-refractivity contribution in [3.05, 3.63) is 99.8 Å². The molecule has 5 rings (SSSR count). The Morgan fingerprint density at radius 3 is 2.50 bits per heavy atom. The SMILES string of the molecule is Cc1ccc(-n2c(O)c(C=NNC(=O)CSc3nnnn3-c3ccccc3C)c3ccccc3c2=O)cc1. The van der Waals surface area contributed by atoms with E-state index in [0.717, 1.165) is 16.8 Å². The maximum absolute atomic E-state index is 13.2. The second-order valence-electron chi connectivity index (χ2n) is 8.50. The van der Waals surface area contributed by atoms with Crippen molar-refractivity contribution in [2.75, 3.05) is 5.75 Å². The lowest BCUT2D eigenvalue weighted by molar-refractivity contribution is -0.118. The van der Waals surface area contributed by atoms with E-state index in [1.165, 1.54) is 22.5 Å². The number of hydrazone groups is 1. The van der Waals surface area contributed by atoms with E-state index in [2.05, 4.69) is 26.1 Å². The van der Waals surface area contributed by atoms with Crippen molar-refractivity contribution < 1.29 is 9.90 Å². The summed E-state index contributed by atoms with van der Waals surface area (Å²) < 4.78 is 2.81. The molecule has 190 valence electrons. The van der Waals surface area contributed by atoms with Crippen LogP contribution < -0.4 is 11.0 Å². The molecule has 0 saturated heterocycles. The van der Waals surface area contributed by atoms with Crippen LogP contribution in [0.5, 0.6) is 5.88 Å². The third-order valence-electron chi connectivity index (χ3n) is 5.90. The van der Waals surface area contributed by atoms with Gasteiger partial charge in [0.05, 0.1) is 28.9 Å². The summed E-state index contributed by atoms with van der Waals surface area (Å²) in [6.07, 6.45) is 1.34. The summed E-state index contributed by atoms with van der Waals surface area (Å²) in [7, 11) is 0. The second-order valence-corrected chi connectivity index (χ2v) is 9.44. The molecule has 0 aliphatic heterocycles. The number of aryl methyl sites for hydroxylation is 2. The number of thioether (sulfide) groups is 1. The van der Waals surface area contributed by atoms with Crippen LogP contribution in [-0.2, 0) is 4.79 Å². The summed E-state index contributed by atoms with van der Waals surface area (Å²) in [5.41, 5.74) is 5.78. The number of hydrogen-bond donors (Lipinski definition) is 2. The maximum atomic E-state index is 13.2. The first-order valence-electron chi connectivity index (χ1n) is 11.7. The predicted octanol–water partition coefficient (Wildman–Crippen LogP) is 3.53. The molecule has 0 atom stereocenters. The molecule has 0 aliphatic rings. The van der Waals surface area contributed by atoms with E-state index in [1.54, 1.807) is 41.1 Å². The summed E-state index contributed by atoms with van der Waals surface area (Å²) >= 11 is 1.17. The summed E-state index contributed by atoms with van der Waals surface area (Å²) in [6, 6.07) is 21.8. The molecule has 0 fully saturated rings. The zero-order valence-electron chi connectivity index (χ0n) is 20.6. The average Bonchev–Trinajstić information content (AvgIpc) is 3.39.